The number of fused-ring (bicyclic) bond motifs is 1. The van der Waals surface area contributed by atoms with Crippen LogP contribution in [-0.4, -0.2) is 21.9 Å². The maximum Gasteiger partial charge on any atom is 0.224 e. The van der Waals surface area contributed by atoms with E-state index in [4.69, 9.17) is 0 Å². The molecule has 3 aromatic rings. The summed E-state index contributed by atoms with van der Waals surface area (Å²) in [4.78, 5) is 14.5. The zero-order valence-electron chi connectivity index (χ0n) is 14.7. The van der Waals surface area contributed by atoms with Crippen LogP contribution in [0.25, 0.3) is 22.2 Å². The number of hydrogen-bond donors (Lipinski definition) is 0. The molecule has 3 nitrogen and oxygen atoms in total. The highest BCUT2D eigenvalue weighted by Gasteiger charge is 2.29. The van der Waals surface area contributed by atoms with E-state index in [1.54, 1.807) is 0 Å². The largest absolute Gasteiger partial charge is 0.324 e. The molecular formula is C22H24N2O. The number of carbonyl (C=O) groups excluding carboxylic acids is 1. The van der Waals surface area contributed by atoms with Crippen molar-refractivity contribution in [2.75, 3.05) is 6.54 Å². The number of rotatable bonds is 5. The average molecular weight is 332 g/mol. The first-order valence-corrected chi connectivity index (χ1v) is 9.17. The van der Waals surface area contributed by atoms with E-state index in [-0.39, 0.29) is 5.91 Å². The molecule has 1 amide bonds. The smallest absolute Gasteiger partial charge is 0.224 e. The van der Waals surface area contributed by atoms with Gasteiger partial charge in [0.2, 0.25) is 5.91 Å². The monoisotopic (exact) mass is 332 g/mol. The minimum Gasteiger partial charge on any atom is -0.324 e. The predicted molar refractivity (Wildman–Crippen MR) is 102 cm³/mol. The lowest BCUT2D eigenvalue weighted by Crippen LogP contribution is -2.28. The van der Waals surface area contributed by atoms with Crippen molar-refractivity contribution in [2.24, 2.45) is 5.92 Å². The van der Waals surface area contributed by atoms with Gasteiger partial charge in [-0.25, -0.2) is 0 Å². The van der Waals surface area contributed by atoms with Gasteiger partial charge in [-0.1, -0.05) is 61.9 Å². The molecule has 0 aliphatic carbocycles. The first kappa shape index (κ1) is 15.9. The minimum atomic E-state index is 0.287. The van der Waals surface area contributed by atoms with Gasteiger partial charge in [0.25, 0.3) is 0 Å². The standard InChI is InChI=1S/C22H24N2O/c1-2-8-17-13-22(25)23(15-17)16-24-20-12-7-6-11-19(20)14-21(24)18-9-4-3-5-10-18/h3-7,9-12,14,17H,2,8,13,15-16H2,1H3. The third-order valence-electron chi connectivity index (χ3n) is 5.18. The molecule has 2 aromatic carbocycles. The minimum absolute atomic E-state index is 0.287. The average Bonchev–Trinajstić information content (AvgIpc) is 3.17. The summed E-state index contributed by atoms with van der Waals surface area (Å²) in [5.41, 5.74) is 3.55. The second-order valence-electron chi connectivity index (χ2n) is 7.00. The number of para-hydroxylation sites is 1. The van der Waals surface area contributed by atoms with Gasteiger partial charge < -0.3 is 9.47 Å². The molecule has 0 saturated carbocycles. The number of amides is 1. The summed E-state index contributed by atoms with van der Waals surface area (Å²) in [6, 6.07) is 21.1. The molecule has 1 unspecified atom stereocenters. The topological polar surface area (TPSA) is 25.2 Å². The van der Waals surface area contributed by atoms with Crippen LogP contribution in [0, 0.1) is 5.92 Å². The van der Waals surface area contributed by atoms with E-state index >= 15 is 0 Å². The van der Waals surface area contributed by atoms with Gasteiger partial charge in [0.05, 0.1) is 17.9 Å². The van der Waals surface area contributed by atoms with E-state index in [9.17, 15) is 4.79 Å². The predicted octanol–water partition coefficient (Wildman–Crippen LogP) is 4.91. The maximum atomic E-state index is 12.5. The molecule has 1 fully saturated rings. The van der Waals surface area contributed by atoms with Crippen LogP contribution in [-0.2, 0) is 11.5 Å². The number of aromatic nitrogens is 1. The summed E-state index contributed by atoms with van der Waals surface area (Å²) in [5.74, 6) is 0.801. The van der Waals surface area contributed by atoms with Crippen LogP contribution in [0.15, 0.2) is 60.7 Å². The van der Waals surface area contributed by atoms with Gasteiger partial charge in [0.15, 0.2) is 0 Å². The molecule has 3 heteroatoms. The zero-order chi connectivity index (χ0) is 17.2. The Morgan fingerprint density at radius 2 is 1.80 bits per heavy atom. The molecule has 128 valence electrons. The zero-order valence-corrected chi connectivity index (χ0v) is 14.7. The highest BCUT2D eigenvalue weighted by Crippen LogP contribution is 2.30. The van der Waals surface area contributed by atoms with E-state index < -0.39 is 0 Å². The Kier molecular flexibility index (Phi) is 4.31. The van der Waals surface area contributed by atoms with Crippen molar-refractivity contribution in [1.82, 2.24) is 9.47 Å². The van der Waals surface area contributed by atoms with Gasteiger partial charge in [-0.2, -0.15) is 0 Å². The number of carbonyl (C=O) groups is 1. The Bertz CT molecular complexity index is 881. The van der Waals surface area contributed by atoms with Crippen molar-refractivity contribution in [3.63, 3.8) is 0 Å². The highest BCUT2D eigenvalue weighted by molar-refractivity contribution is 5.87. The Morgan fingerprint density at radius 3 is 2.60 bits per heavy atom. The van der Waals surface area contributed by atoms with Gasteiger partial charge in [-0.3, -0.25) is 4.79 Å². The molecular weight excluding hydrogens is 308 g/mol. The van der Waals surface area contributed by atoms with Crippen molar-refractivity contribution in [1.29, 1.82) is 0 Å². The Hall–Kier alpha value is -2.55. The number of likely N-dealkylation sites (tertiary alicyclic amines) is 1. The normalized spacial score (nSPS) is 17.6. The summed E-state index contributed by atoms with van der Waals surface area (Å²) in [5, 5.41) is 1.22. The summed E-state index contributed by atoms with van der Waals surface area (Å²) in [6.45, 7) is 3.71. The lowest BCUT2D eigenvalue weighted by Gasteiger charge is -2.20. The lowest BCUT2D eigenvalue weighted by atomic mass is 10.0. The summed E-state index contributed by atoms with van der Waals surface area (Å²) in [6.07, 6.45) is 2.99. The van der Waals surface area contributed by atoms with Gasteiger partial charge in [-0.05, 0) is 30.0 Å². The number of nitrogens with zero attached hydrogens (tertiary/aromatic N) is 2. The molecule has 0 radical (unpaired) electrons. The number of benzene rings is 2. The van der Waals surface area contributed by atoms with Crippen LogP contribution in [0.1, 0.15) is 26.2 Å². The fourth-order valence-corrected chi connectivity index (χ4v) is 3.97. The molecule has 2 heterocycles. The quantitative estimate of drug-likeness (QED) is 0.651. The van der Waals surface area contributed by atoms with Crippen molar-refractivity contribution in [3.05, 3.63) is 60.7 Å². The van der Waals surface area contributed by atoms with Crippen molar-refractivity contribution < 1.29 is 4.79 Å². The molecule has 1 aliphatic heterocycles. The Labute approximate surface area is 148 Å². The van der Waals surface area contributed by atoms with Crippen molar-refractivity contribution >= 4 is 16.8 Å². The molecule has 0 spiro atoms. The molecule has 4 rings (SSSR count). The van der Waals surface area contributed by atoms with E-state index in [0.717, 1.165) is 19.4 Å². The molecule has 1 saturated heterocycles. The third kappa shape index (κ3) is 3.07. The number of hydrogen-bond acceptors (Lipinski definition) is 1. The van der Waals surface area contributed by atoms with Gasteiger partial charge in [0.1, 0.15) is 0 Å². The molecule has 0 bridgehead atoms. The molecule has 0 N–H and O–H groups in total. The second kappa shape index (κ2) is 6.75. The van der Waals surface area contributed by atoms with Crippen LogP contribution in [0.4, 0.5) is 0 Å². The SMILES string of the molecule is CCCC1CC(=O)N(Cn2c(-c3ccccc3)cc3ccccc32)C1. The van der Waals surface area contributed by atoms with E-state index in [1.807, 2.05) is 11.0 Å². The van der Waals surface area contributed by atoms with Crippen molar-refractivity contribution in [3.8, 4) is 11.3 Å². The molecule has 1 aliphatic rings. The van der Waals surface area contributed by atoms with Crippen LogP contribution >= 0.6 is 0 Å². The fourth-order valence-electron chi connectivity index (χ4n) is 3.97. The van der Waals surface area contributed by atoms with E-state index in [0.29, 0.717) is 19.0 Å². The summed E-state index contributed by atoms with van der Waals surface area (Å²) in [7, 11) is 0. The molecule has 25 heavy (non-hydrogen) atoms. The van der Waals surface area contributed by atoms with Gasteiger partial charge in [-0.15, -0.1) is 0 Å². The fraction of sp³-hybridized carbons (Fsp3) is 0.318. The van der Waals surface area contributed by atoms with Crippen molar-refractivity contribution in [2.45, 2.75) is 32.9 Å². The first-order valence-electron chi connectivity index (χ1n) is 9.17. The first-order chi connectivity index (χ1) is 12.3. The summed E-state index contributed by atoms with van der Waals surface area (Å²) < 4.78 is 2.29. The van der Waals surface area contributed by atoms with E-state index in [2.05, 4.69) is 66.1 Å². The van der Waals surface area contributed by atoms with Crippen LogP contribution in [0.5, 0.6) is 0 Å². The van der Waals surface area contributed by atoms with Crippen LogP contribution in [0.3, 0.4) is 0 Å². The van der Waals surface area contributed by atoms with Gasteiger partial charge in [0, 0.05) is 18.4 Å². The Morgan fingerprint density at radius 1 is 1.04 bits per heavy atom. The van der Waals surface area contributed by atoms with Crippen LogP contribution in [0.2, 0.25) is 0 Å². The molecule has 1 atom stereocenters. The third-order valence-corrected chi connectivity index (χ3v) is 5.18. The summed E-state index contributed by atoms with van der Waals surface area (Å²) >= 11 is 0. The van der Waals surface area contributed by atoms with Gasteiger partial charge >= 0.3 is 0 Å². The second-order valence-corrected chi connectivity index (χ2v) is 7.00. The van der Waals surface area contributed by atoms with E-state index in [1.165, 1.54) is 22.2 Å². The molecule has 1 aromatic heterocycles. The van der Waals surface area contributed by atoms with Crippen LogP contribution < -0.4 is 0 Å². The maximum absolute atomic E-state index is 12.5. The highest BCUT2D eigenvalue weighted by atomic mass is 16.2. The Balaban J connectivity index is 1.72. The lowest BCUT2D eigenvalue weighted by molar-refractivity contribution is -0.129.